The summed E-state index contributed by atoms with van der Waals surface area (Å²) in [7, 11) is 7.40. The number of anilines is 1. The molecule has 2 unspecified atom stereocenters. The van der Waals surface area contributed by atoms with Gasteiger partial charge in [-0.3, -0.25) is 0 Å². The Balaban J connectivity index is 1.72. The second-order valence-electron chi connectivity index (χ2n) is 11.1. The summed E-state index contributed by atoms with van der Waals surface area (Å²) in [4.78, 5) is 17.8. The summed E-state index contributed by atoms with van der Waals surface area (Å²) >= 11 is 0. The van der Waals surface area contributed by atoms with Crippen molar-refractivity contribution in [3.8, 4) is 22.6 Å². The van der Waals surface area contributed by atoms with Crippen LogP contribution in [0.25, 0.3) is 22.1 Å². The summed E-state index contributed by atoms with van der Waals surface area (Å²) in [6, 6.07) is 22.1. The normalized spacial score (nSPS) is 16.6. The molecule has 1 aliphatic rings. The number of benzene rings is 3. The van der Waals surface area contributed by atoms with Crippen LogP contribution in [0, 0.1) is 5.92 Å². The van der Waals surface area contributed by atoms with E-state index in [4.69, 9.17) is 13.9 Å². The third-order valence-corrected chi connectivity index (χ3v) is 8.14. The van der Waals surface area contributed by atoms with Gasteiger partial charge in [-0.05, 0) is 61.5 Å². The van der Waals surface area contributed by atoms with E-state index in [1.807, 2.05) is 50.5 Å². The maximum absolute atomic E-state index is 13.1. The highest BCUT2D eigenvalue weighted by Gasteiger charge is 2.28. The number of piperidine rings is 1. The Morgan fingerprint density at radius 1 is 1.00 bits per heavy atom. The van der Waals surface area contributed by atoms with Gasteiger partial charge in [-0.2, -0.15) is 0 Å². The van der Waals surface area contributed by atoms with Gasteiger partial charge in [-0.15, -0.1) is 0 Å². The molecule has 0 amide bonds. The predicted octanol–water partition coefficient (Wildman–Crippen LogP) is 6.80. The lowest BCUT2D eigenvalue weighted by atomic mass is 9.85. The Morgan fingerprint density at radius 3 is 2.38 bits per heavy atom. The lowest BCUT2D eigenvalue weighted by Crippen LogP contribution is -2.35. The summed E-state index contributed by atoms with van der Waals surface area (Å²) in [6.45, 7) is 5.51. The van der Waals surface area contributed by atoms with Crippen LogP contribution in [0.1, 0.15) is 43.2 Å². The molecule has 4 aromatic rings. The van der Waals surface area contributed by atoms with E-state index in [-0.39, 0.29) is 5.92 Å². The monoisotopic (exact) mass is 540 g/mol. The Bertz CT molecular complexity index is 1490. The zero-order chi connectivity index (χ0) is 28.2. The predicted molar refractivity (Wildman–Crippen MR) is 163 cm³/mol. The van der Waals surface area contributed by atoms with Gasteiger partial charge in [-0.1, -0.05) is 49.4 Å². The molecule has 5 rings (SSSR count). The first-order valence-electron chi connectivity index (χ1n) is 14.2. The molecule has 210 valence electrons. The molecular formula is C34H40N2O4. The molecule has 1 fully saturated rings. The van der Waals surface area contributed by atoms with E-state index >= 15 is 0 Å². The first-order chi connectivity index (χ1) is 19.4. The van der Waals surface area contributed by atoms with Crippen molar-refractivity contribution in [2.75, 3.05) is 52.8 Å². The van der Waals surface area contributed by atoms with Crippen LogP contribution in [0.5, 0.6) is 11.5 Å². The van der Waals surface area contributed by atoms with E-state index in [2.05, 4.69) is 41.0 Å². The highest BCUT2D eigenvalue weighted by Crippen LogP contribution is 2.46. The minimum absolute atomic E-state index is 0.0500. The van der Waals surface area contributed by atoms with Gasteiger partial charge in [0.1, 0.15) is 17.1 Å². The van der Waals surface area contributed by atoms with Gasteiger partial charge in [-0.25, -0.2) is 4.79 Å². The average Bonchev–Trinajstić information content (AvgIpc) is 2.97. The zero-order valence-corrected chi connectivity index (χ0v) is 24.3. The van der Waals surface area contributed by atoms with Crippen LogP contribution < -0.4 is 20.0 Å². The van der Waals surface area contributed by atoms with Crippen LogP contribution in [-0.4, -0.2) is 52.8 Å². The Morgan fingerprint density at radius 2 is 1.73 bits per heavy atom. The molecule has 1 aromatic heterocycles. The van der Waals surface area contributed by atoms with Gasteiger partial charge >= 0.3 is 5.63 Å². The number of hydrogen-bond acceptors (Lipinski definition) is 6. The highest BCUT2D eigenvalue weighted by molar-refractivity contribution is 6.00. The van der Waals surface area contributed by atoms with Crippen molar-refractivity contribution in [3.63, 3.8) is 0 Å². The quantitative estimate of drug-likeness (QED) is 0.218. The second-order valence-corrected chi connectivity index (χ2v) is 11.1. The van der Waals surface area contributed by atoms with Gasteiger partial charge < -0.3 is 23.7 Å². The zero-order valence-electron chi connectivity index (χ0n) is 24.3. The summed E-state index contributed by atoms with van der Waals surface area (Å²) in [6.07, 6.45) is 3.38. The van der Waals surface area contributed by atoms with Crippen LogP contribution in [0.15, 0.2) is 75.9 Å². The molecule has 1 aliphatic heterocycles. The number of fused-ring (bicyclic) bond motifs is 1. The Hall–Kier alpha value is -3.77. The third-order valence-electron chi connectivity index (χ3n) is 8.14. The van der Waals surface area contributed by atoms with Crippen molar-refractivity contribution >= 4 is 16.7 Å². The van der Waals surface area contributed by atoms with Crippen molar-refractivity contribution < 1.29 is 13.9 Å². The fraction of sp³-hybridized carbons (Fsp3) is 0.382. The topological polar surface area (TPSA) is 55.2 Å². The van der Waals surface area contributed by atoms with E-state index in [0.717, 1.165) is 59.4 Å². The molecule has 0 bridgehead atoms. The van der Waals surface area contributed by atoms with Crippen LogP contribution >= 0.6 is 0 Å². The molecule has 1 saturated heterocycles. The van der Waals surface area contributed by atoms with E-state index in [1.165, 1.54) is 12.8 Å². The summed E-state index contributed by atoms with van der Waals surface area (Å²) in [5.41, 5.74) is 5.04. The lowest BCUT2D eigenvalue weighted by Gasteiger charge is -2.32. The minimum Gasteiger partial charge on any atom is -0.496 e. The SMILES string of the molecule is COc1cc(OC)c2c(-c3ccccc3)cc(=O)oc2c1C(CCN1CCCC(C)C1)c1ccc(N(C)C)cc1. The van der Waals surface area contributed by atoms with Crippen LogP contribution in [0.4, 0.5) is 5.69 Å². The van der Waals surface area contributed by atoms with Crippen molar-refractivity contribution in [1.82, 2.24) is 4.90 Å². The van der Waals surface area contributed by atoms with E-state index in [9.17, 15) is 4.79 Å². The number of nitrogens with zero attached hydrogens (tertiary/aromatic N) is 2. The van der Waals surface area contributed by atoms with Gasteiger partial charge in [0.2, 0.25) is 0 Å². The third kappa shape index (κ3) is 5.73. The van der Waals surface area contributed by atoms with Crippen molar-refractivity contribution in [3.05, 3.63) is 88.3 Å². The first kappa shape index (κ1) is 27.8. The van der Waals surface area contributed by atoms with E-state index < -0.39 is 5.63 Å². The maximum atomic E-state index is 13.1. The van der Waals surface area contributed by atoms with E-state index in [1.54, 1.807) is 20.3 Å². The number of likely N-dealkylation sites (tertiary alicyclic amines) is 1. The molecule has 0 spiro atoms. The van der Waals surface area contributed by atoms with Gasteiger partial charge in [0.25, 0.3) is 0 Å². The molecule has 40 heavy (non-hydrogen) atoms. The summed E-state index contributed by atoms with van der Waals surface area (Å²) in [5.74, 6) is 1.93. The minimum atomic E-state index is -0.394. The fourth-order valence-electron chi connectivity index (χ4n) is 6.10. The smallest absolute Gasteiger partial charge is 0.336 e. The fourth-order valence-corrected chi connectivity index (χ4v) is 6.10. The molecule has 0 saturated carbocycles. The molecule has 0 N–H and O–H groups in total. The largest absolute Gasteiger partial charge is 0.496 e. The van der Waals surface area contributed by atoms with Crippen molar-refractivity contribution in [2.24, 2.45) is 5.92 Å². The lowest BCUT2D eigenvalue weighted by molar-refractivity contribution is 0.180. The summed E-state index contributed by atoms with van der Waals surface area (Å²) in [5, 5.41) is 0.783. The molecule has 2 atom stereocenters. The maximum Gasteiger partial charge on any atom is 0.336 e. The molecular weight excluding hydrogens is 500 g/mol. The molecule has 6 heteroatoms. The standard InChI is InChI=1S/C34H40N2O4/c1-23-10-9-18-36(22-23)19-17-27(25-13-15-26(16-14-25)35(2)3)32-29(38-4)21-30(39-5)33-28(20-31(37)40-34(32)33)24-11-7-6-8-12-24/h6-8,11-16,20-21,23,27H,9-10,17-19,22H2,1-5H3. The molecule has 6 nitrogen and oxygen atoms in total. The van der Waals surface area contributed by atoms with Gasteiger partial charge in [0, 0.05) is 55.5 Å². The van der Waals surface area contributed by atoms with Crippen molar-refractivity contribution in [2.45, 2.75) is 32.1 Å². The van der Waals surface area contributed by atoms with Crippen LogP contribution in [0.2, 0.25) is 0 Å². The number of methoxy groups -OCH3 is 2. The van der Waals surface area contributed by atoms with Gasteiger partial charge in [0.15, 0.2) is 0 Å². The Labute approximate surface area is 237 Å². The number of ether oxygens (including phenoxy) is 2. The van der Waals surface area contributed by atoms with Gasteiger partial charge in [0.05, 0.1) is 19.6 Å². The summed E-state index contributed by atoms with van der Waals surface area (Å²) < 4.78 is 17.9. The highest BCUT2D eigenvalue weighted by atomic mass is 16.5. The molecule has 0 aliphatic carbocycles. The molecule has 3 aromatic carbocycles. The number of rotatable bonds is 9. The van der Waals surface area contributed by atoms with E-state index in [0.29, 0.717) is 23.0 Å². The molecule has 0 radical (unpaired) electrons. The van der Waals surface area contributed by atoms with Crippen LogP contribution in [-0.2, 0) is 0 Å². The van der Waals surface area contributed by atoms with Crippen LogP contribution in [0.3, 0.4) is 0 Å². The Kier molecular flexibility index (Phi) is 8.46. The molecule has 2 heterocycles. The first-order valence-corrected chi connectivity index (χ1v) is 14.2. The second kappa shape index (κ2) is 12.2. The van der Waals surface area contributed by atoms with Crippen molar-refractivity contribution in [1.29, 1.82) is 0 Å². The number of hydrogen-bond donors (Lipinski definition) is 0. The average molecular weight is 541 g/mol.